The highest BCUT2D eigenvalue weighted by molar-refractivity contribution is 7.98. The number of likely N-dealkylation sites (N-methyl/N-ethyl adjacent to an activating group) is 1. The smallest absolute Gasteiger partial charge is 0.0511 e. The molecule has 102 valence electrons. The van der Waals surface area contributed by atoms with Crippen LogP contribution in [0.15, 0.2) is 24.5 Å². The molecule has 0 saturated carbocycles. The van der Waals surface area contributed by atoms with Gasteiger partial charge in [-0.2, -0.15) is 11.8 Å². The number of nitrogens with zero attached hydrogens (tertiary/aromatic N) is 2. The van der Waals surface area contributed by atoms with Crippen molar-refractivity contribution in [2.75, 3.05) is 19.1 Å². The summed E-state index contributed by atoms with van der Waals surface area (Å²) < 4.78 is 0. The molecule has 0 radical (unpaired) electrons. The van der Waals surface area contributed by atoms with Crippen molar-refractivity contribution in [3.05, 3.63) is 30.1 Å². The van der Waals surface area contributed by atoms with Crippen molar-refractivity contribution >= 4 is 11.8 Å². The molecule has 0 aliphatic heterocycles. The third-order valence-electron chi connectivity index (χ3n) is 3.37. The zero-order chi connectivity index (χ0) is 13.5. The fourth-order valence-electron chi connectivity index (χ4n) is 2.40. The normalized spacial score (nSPS) is 16.6. The maximum Gasteiger partial charge on any atom is 0.0511 e. The first-order chi connectivity index (χ1) is 8.61. The standard InChI is InChI=1S/C14H25N3S/c1-5-13(10-18-4)17(3)14(11(2)15)12-7-6-8-16-9-12/h6-9,11,13-14H,5,10,15H2,1-4H3. The van der Waals surface area contributed by atoms with E-state index in [-0.39, 0.29) is 12.1 Å². The molecule has 0 amide bonds. The van der Waals surface area contributed by atoms with Gasteiger partial charge in [0.25, 0.3) is 0 Å². The van der Waals surface area contributed by atoms with Crippen molar-refractivity contribution in [3.63, 3.8) is 0 Å². The predicted octanol–water partition coefficient (Wildman–Crippen LogP) is 2.54. The van der Waals surface area contributed by atoms with Crippen LogP contribution in [0.4, 0.5) is 0 Å². The number of aromatic nitrogens is 1. The Morgan fingerprint density at radius 1 is 1.50 bits per heavy atom. The van der Waals surface area contributed by atoms with Gasteiger partial charge in [0, 0.05) is 30.2 Å². The summed E-state index contributed by atoms with van der Waals surface area (Å²) in [6.45, 7) is 4.30. The molecule has 0 aromatic carbocycles. The Labute approximate surface area is 115 Å². The number of hydrogen-bond donors (Lipinski definition) is 1. The summed E-state index contributed by atoms with van der Waals surface area (Å²) in [5.41, 5.74) is 7.39. The largest absolute Gasteiger partial charge is 0.326 e. The van der Waals surface area contributed by atoms with E-state index >= 15 is 0 Å². The summed E-state index contributed by atoms with van der Waals surface area (Å²) >= 11 is 1.89. The highest BCUT2D eigenvalue weighted by Gasteiger charge is 2.26. The SMILES string of the molecule is CCC(CSC)N(C)C(c1cccnc1)C(C)N. The van der Waals surface area contributed by atoms with Crippen molar-refractivity contribution in [2.45, 2.75) is 38.4 Å². The van der Waals surface area contributed by atoms with Crippen molar-refractivity contribution in [3.8, 4) is 0 Å². The summed E-state index contributed by atoms with van der Waals surface area (Å²) in [6, 6.07) is 4.97. The number of nitrogens with two attached hydrogens (primary N) is 1. The number of pyridine rings is 1. The van der Waals surface area contributed by atoms with Crippen LogP contribution in [0.3, 0.4) is 0 Å². The molecule has 1 aromatic rings. The summed E-state index contributed by atoms with van der Waals surface area (Å²) in [5.74, 6) is 1.14. The highest BCUT2D eigenvalue weighted by Crippen LogP contribution is 2.25. The van der Waals surface area contributed by atoms with E-state index in [4.69, 9.17) is 5.73 Å². The molecule has 1 rings (SSSR count). The monoisotopic (exact) mass is 267 g/mol. The summed E-state index contributed by atoms with van der Waals surface area (Å²) in [4.78, 5) is 6.62. The Morgan fingerprint density at radius 3 is 2.67 bits per heavy atom. The molecular weight excluding hydrogens is 242 g/mol. The van der Waals surface area contributed by atoms with Crippen LogP contribution in [0.5, 0.6) is 0 Å². The minimum atomic E-state index is 0.0927. The van der Waals surface area contributed by atoms with Gasteiger partial charge >= 0.3 is 0 Å². The van der Waals surface area contributed by atoms with Crippen LogP contribution < -0.4 is 5.73 Å². The minimum absolute atomic E-state index is 0.0927. The summed E-state index contributed by atoms with van der Waals surface area (Å²) in [6.07, 6.45) is 7.03. The lowest BCUT2D eigenvalue weighted by Gasteiger charge is -2.36. The lowest BCUT2D eigenvalue weighted by molar-refractivity contribution is 0.164. The van der Waals surface area contributed by atoms with E-state index < -0.39 is 0 Å². The second kappa shape index (κ2) is 7.77. The van der Waals surface area contributed by atoms with E-state index in [1.54, 1.807) is 6.20 Å². The third-order valence-corrected chi connectivity index (χ3v) is 4.09. The van der Waals surface area contributed by atoms with Gasteiger partial charge in [0.15, 0.2) is 0 Å². The van der Waals surface area contributed by atoms with E-state index in [1.165, 1.54) is 5.56 Å². The molecule has 18 heavy (non-hydrogen) atoms. The van der Waals surface area contributed by atoms with E-state index in [2.05, 4.69) is 43.1 Å². The Bertz CT molecular complexity index is 329. The van der Waals surface area contributed by atoms with Gasteiger partial charge in [-0.05, 0) is 38.3 Å². The maximum atomic E-state index is 6.18. The van der Waals surface area contributed by atoms with Crippen molar-refractivity contribution in [1.29, 1.82) is 0 Å². The van der Waals surface area contributed by atoms with Crippen LogP contribution in [-0.4, -0.2) is 41.0 Å². The molecule has 1 heterocycles. The molecule has 0 aliphatic rings. The van der Waals surface area contributed by atoms with E-state index in [0.29, 0.717) is 6.04 Å². The van der Waals surface area contributed by atoms with Gasteiger partial charge in [0.05, 0.1) is 6.04 Å². The van der Waals surface area contributed by atoms with Crippen molar-refractivity contribution in [2.24, 2.45) is 5.73 Å². The average molecular weight is 267 g/mol. The number of hydrogen-bond acceptors (Lipinski definition) is 4. The fourth-order valence-corrected chi connectivity index (χ4v) is 3.26. The predicted molar refractivity (Wildman–Crippen MR) is 80.9 cm³/mol. The Morgan fingerprint density at radius 2 is 2.22 bits per heavy atom. The molecule has 0 aliphatic carbocycles. The fraction of sp³-hybridized carbons (Fsp3) is 0.643. The molecule has 2 N–H and O–H groups in total. The van der Waals surface area contributed by atoms with Crippen LogP contribution in [0.1, 0.15) is 31.9 Å². The Kier molecular flexibility index (Phi) is 6.68. The molecule has 0 fully saturated rings. The van der Waals surface area contributed by atoms with Gasteiger partial charge in [-0.25, -0.2) is 0 Å². The van der Waals surface area contributed by atoms with E-state index in [9.17, 15) is 0 Å². The van der Waals surface area contributed by atoms with Gasteiger partial charge in [-0.15, -0.1) is 0 Å². The van der Waals surface area contributed by atoms with Gasteiger partial charge in [-0.3, -0.25) is 9.88 Å². The molecule has 3 atom stereocenters. The van der Waals surface area contributed by atoms with Crippen LogP contribution >= 0.6 is 11.8 Å². The zero-order valence-corrected chi connectivity index (χ0v) is 12.7. The quantitative estimate of drug-likeness (QED) is 0.824. The second-order valence-electron chi connectivity index (χ2n) is 4.77. The summed E-state index contributed by atoms with van der Waals surface area (Å²) in [7, 11) is 2.17. The topological polar surface area (TPSA) is 42.2 Å². The molecule has 3 unspecified atom stereocenters. The first kappa shape index (κ1) is 15.5. The summed E-state index contributed by atoms with van der Waals surface area (Å²) in [5, 5.41) is 0. The number of thioether (sulfide) groups is 1. The van der Waals surface area contributed by atoms with Crippen LogP contribution in [-0.2, 0) is 0 Å². The van der Waals surface area contributed by atoms with Crippen LogP contribution in [0.2, 0.25) is 0 Å². The van der Waals surface area contributed by atoms with E-state index in [1.807, 2.05) is 24.0 Å². The second-order valence-corrected chi connectivity index (χ2v) is 5.68. The molecule has 1 aromatic heterocycles. The molecule has 4 heteroatoms. The third kappa shape index (κ3) is 3.97. The molecule has 0 bridgehead atoms. The molecule has 3 nitrogen and oxygen atoms in total. The Hall–Kier alpha value is -0.580. The van der Waals surface area contributed by atoms with E-state index in [0.717, 1.165) is 12.2 Å². The maximum absolute atomic E-state index is 6.18. The molecular formula is C14H25N3S. The highest BCUT2D eigenvalue weighted by atomic mass is 32.2. The minimum Gasteiger partial charge on any atom is -0.326 e. The van der Waals surface area contributed by atoms with Crippen molar-refractivity contribution in [1.82, 2.24) is 9.88 Å². The van der Waals surface area contributed by atoms with Crippen LogP contribution in [0.25, 0.3) is 0 Å². The van der Waals surface area contributed by atoms with Gasteiger partial charge in [0.2, 0.25) is 0 Å². The van der Waals surface area contributed by atoms with Gasteiger partial charge in [-0.1, -0.05) is 13.0 Å². The van der Waals surface area contributed by atoms with Gasteiger partial charge < -0.3 is 5.73 Å². The Balaban J connectivity index is 2.91. The van der Waals surface area contributed by atoms with Crippen LogP contribution in [0, 0.1) is 0 Å². The van der Waals surface area contributed by atoms with Gasteiger partial charge in [0.1, 0.15) is 0 Å². The molecule has 0 spiro atoms. The lowest BCUT2D eigenvalue weighted by atomic mass is 9.99. The lowest BCUT2D eigenvalue weighted by Crippen LogP contribution is -2.43. The first-order valence-corrected chi connectivity index (χ1v) is 7.87. The number of rotatable bonds is 7. The van der Waals surface area contributed by atoms with Crippen molar-refractivity contribution < 1.29 is 0 Å². The first-order valence-electron chi connectivity index (χ1n) is 6.48. The zero-order valence-electron chi connectivity index (χ0n) is 11.8. The molecule has 0 saturated heterocycles. The average Bonchev–Trinajstić information content (AvgIpc) is 2.36.